The Morgan fingerprint density at radius 1 is 0.732 bits per heavy atom. The maximum absolute atomic E-state index is 14.3. The molecule has 0 spiro atoms. The first kappa shape index (κ1) is 34.5. The van der Waals surface area contributed by atoms with Crippen molar-refractivity contribution in [3.63, 3.8) is 0 Å². The van der Waals surface area contributed by atoms with E-state index in [-0.39, 0.29) is 37.4 Å². The van der Waals surface area contributed by atoms with Crippen molar-refractivity contribution in [3.05, 3.63) is 0 Å². The van der Waals surface area contributed by atoms with Gasteiger partial charge in [0, 0.05) is 17.8 Å². The Bertz CT molecular complexity index is 1070. The Labute approximate surface area is 228 Å². The number of rotatable bonds is 3. The molecule has 5 aliphatic carbocycles. The smallest absolute Gasteiger partial charge is 0.273 e. The van der Waals surface area contributed by atoms with Crippen LogP contribution in [0.5, 0.6) is 0 Å². The lowest BCUT2D eigenvalue weighted by Crippen LogP contribution is -2.60. The summed E-state index contributed by atoms with van der Waals surface area (Å²) < 4.78 is 199. The van der Waals surface area contributed by atoms with Gasteiger partial charge in [-0.25, -0.2) is 17.6 Å². The molecule has 0 aliphatic heterocycles. The van der Waals surface area contributed by atoms with Gasteiger partial charge in [0.05, 0.1) is 12.4 Å². The van der Waals surface area contributed by atoms with Gasteiger partial charge in [-0.1, -0.05) is 6.92 Å². The highest BCUT2D eigenvalue weighted by Gasteiger charge is 3.03. The Balaban J connectivity index is 0.000000180. The number of alkyl halides is 13. The zero-order valence-corrected chi connectivity index (χ0v) is 23.2. The molecule has 0 radical (unpaired) electrons. The van der Waals surface area contributed by atoms with Gasteiger partial charge in [-0.2, -0.15) is 47.9 Å². The van der Waals surface area contributed by atoms with E-state index < -0.39 is 86.8 Å². The molecule has 3 nitrogen and oxygen atoms in total. The van der Waals surface area contributed by atoms with Crippen LogP contribution in [0.25, 0.3) is 0 Å². The molecule has 4 bridgehead atoms. The van der Waals surface area contributed by atoms with E-state index in [4.69, 9.17) is 0 Å². The van der Waals surface area contributed by atoms with Crippen molar-refractivity contribution in [1.82, 2.24) is 0 Å². The lowest BCUT2D eigenvalue weighted by atomic mass is 9.71. The topological polar surface area (TPSA) is 43.4 Å². The molecule has 0 aromatic carbocycles. The van der Waals surface area contributed by atoms with Crippen molar-refractivity contribution in [2.24, 2.45) is 29.1 Å². The van der Waals surface area contributed by atoms with Crippen LogP contribution in [0, 0.1) is 29.1 Å². The predicted molar refractivity (Wildman–Crippen MR) is 119 cm³/mol. The van der Waals surface area contributed by atoms with Crippen LogP contribution in [-0.4, -0.2) is 62.0 Å². The summed E-state index contributed by atoms with van der Waals surface area (Å²) in [6.45, 7) is 4.11. The van der Waals surface area contributed by atoms with Crippen LogP contribution in [0.3, 0.4) is 0 Å². The SMILES string of the molecule is CC1(C(F)(F)F)C2CCC(C2)C1(F)F.CCC(C)S(=O)(=O)OC.FC1(F)C(F)(F)C2(F)C3CCC(C3)C2(F)C1(F)F. The van der Waals surface area contributed by atoms with E-state index in [2.05, 4.69) is 4.18 Å². The largest absolute Gasteiger partial charge is 0.400 e. The van der Waals surface area contributed by atoms with Crippen LogP contribution in [0.4, 0.5) is 57.1 Å². The summed E-state index contributed by atoms with van der Waals surface area (Å²) in [5, 5.41) is -0.387. The Kier molecular flexibility index (Phi) is 8.20. The lowest BCUT2D eigenvalue weighted by Gasteiger charge is -2.41. The summed E-state index contributed by atoms with van der Waals surface area (Å²) >= 11 is 0. The Morgan fingerprint density at radius 3 is 1.37 bits per heavy atom. The molecule has 0 N–H and O–H groups in total. The molecule has 41 heavy (non-hydrogen) atoms. The minimum Gasteiger partial charge on any atom is -0.273 e. The van der Waals surface area contributed by atoms with E-state index in [1.54, 1.807) is 13.8 Å². The standard InChI is InChI=1S/C10H8F8.C9H11F5.C5H12O3S/c11-6-4-1-2-5(3-4)7(6,12)9(15,16)10(17,18)8(6,13)14;1-7(9(12,13)14)5-2-3-6(4-5)8(7,10)11;1-4-5(2)9(6,7)8-3/h4-5H,1-3H2;5-6H,2-4H2,1H3;5H,4H2,1-3H3. The minimum absolute atomic E-state index is 0.0308. The minimum atomic E-state index is -6.01. The van der Waals surface area contributed by atoms with E-state index in [9.17, 15) is 65.5 Å². The van der Waals surface area contributed by atoms with Crippen molar-refractivity contribution < 1.29 is 69.7 Å². The van der Waals surface area contributed by atoms with Crippen molar-refractivity contribution in [2.45, 2.75) is 112 Å². The third-order valence-electron chi connectivity index (χ3n) is 10.1. The van der Waals surface area contributed by atoms with Crippen LogP contribution in [0.2, 0.25) is 0 Å². The summed E-state index contributed by atoms with van der Waals surface area (Å²) in [6, 6.07) is 0. The molecule has 5 fully saturated rings. The molecule has 0 amide bonds. The van der Waals surface area contributed by atoms with Gasteiger partial charge in [-0.3, -0.25) is 4.18 Å². The zero-order valence-electron chi connectivity index (χ0n) is 22.4. The Morgan fingerprint density at radius 2 is 1.10 bits per heavy atom. The van der Waals surface area contributed by atoms with Gasteiger partial charge in [-0.05, 0) is 64.7 Å². The number of fused-ring (bicyclic) bond motifs is 7. The van der Waals surface area contributed by atoms with Gasteiger partial charge in [0.2, 0.25) is 11.3 Å². The van der Waals surface area contributed by atoms with E-state index in [1.165, 1.54) is 7.11 Å². The van der Waals surface area contributed by atoms with Crippen molar-refractivity contribution in [1.29, 1.82) is 0 Å². The molecule has 8 atom stereocenters. The fourth-order valence-corrected chi connectivity index (χ4v) is 7.98. The molecule has 0 aromatic rings. The first-order valence-corrected chi connectivity index (χ1v) is 14.4. The van der Waals surface area contributed by atoms with Gasteiger partial charge >= 0.3 is 23.9 Å². The average Bonchev–Trinajstić information content (AvgIpc) is 3.63. The Hall–Kier alpha value is -1.00. The second-order valence-corrected chi connectivity index (χ2v) is 13.9. The number of halogens is 13. The zero-order chi connectivity index (χ0) is 32.0. The highest BCUT2D eigenvalue weighted by atomic mass is 32.2. The van der Waals surface area contributed by atoms with Crippen LogP contribution < -0.4 is 0 Å². The third kappa shape index (κ3) is 4.04. The van der Waals surface area contributed by atoms with Gasteiger partial charge < -0.3 is 0 Å². The van der Waals surface area contributed by atoms with E-state index in [0.717, 1.165) is 0 Å². The summed E-state index contributed by atoms with van der Waals surface area (Å²) in [4.78, 5) is 0. The molecule has 5 saturated carbocycles. The molecule has 17 heteroatoms. The fraction of sp³-hybridized carbons (Fsp3) is 1.00. The second kappa shape index (κ2) is 9.75. The van der Waals surface area contributed by atoms with Gasteiger partial charge in [-0.15, -0.1) is 0 Å². The maximum Gasteiger partial charge on any atom is 0.400 e. The number of hydrogen-bond donors (Lipinski definition) is 0. The predicted octanol–water partition coefficient (Wildman–Crippen LogP) is 8.13. The quantitative estimate of drug-likeness (QED) is 0.230. The summed E-state index contributed by atoms with van der Waals surface area (Å²) in [6.07, 6.45) is -4.72. The molecular weight excluding hydrogens is 615 g/mol. The number of hydrogen-bond acceptors (Lipinski definition) is 3. The maximum atomic E-state index is 14.3. The van der Waals surface area contributed by atoms with E-state index in [1.807, 2.05) is 0 Å². The van der Waals surface area contributed by atoms with Gasteiger partial charge in [0.25, 0.3) is 16.0 Å². The van der Waals surface area contributed by atoms with Crippen LogP contribution >= 0.6 is 0 Å². The van der Waals surface area contributed by atoms with Crippen LogP contribution in [-0.2, 0) is 14.3 Å². The van der Waals surface area contributed by atoms with Gasteiger partial charge in [0.1, 0.15) is 5.41 Å². The van der Waals surface area contributed by atoms with Crippen molar-refractivity contribution >= 4 is 10.1 Å². The molecular formula is C24H31F13O3S. The first-order valence-electron chi connectivity index (χ1n) is 13.0. The van der Waals surface area contributed by atoms with Gasteiger partial charge in [0.15, 0.2) is 0 Å². The molecule has 0 aromatic heterocycles. The summed E-state index contributed by atoms with van der Waals surface area (Å²) in [5.41, 5.74) is -11.7. The highest BCUT2D eigenvalue weighted by Crippen LogP contribution is 2.79. The van der Waals surface area contributed by atoms with Crippen LogP contribution in [0.15, 0.2) is 0 Å². The van der Waals surface area contributed by atoms with Crippen LogP contribution in [0.1, 0.15) is 65.7 Å². The third-order valence-corrected chi connectivity index (χ3v) is 11.9. The first-order chi connectivity index (χ1) is 18.2. The monoisotopic (exact) mass is 646 g/mol. The molecule has 5 aliphatic rings. The molecule has 8 unspecified atom stereocenters. The van der Waals surface area contributed by atoms with Crippen molar-refractivity contribution in [3.8, 4) is 0 Å². The molecule has 0 saturated heterocycles. The molecule has 5 rings (SSSR count). The molecule has 0 heterocycles. The fourth-order valence-electron chi connectivity index (χ4n) is 7.24. The lowest BCUT2D eigenvalue weighted by molar-refractivity contribution is -0.308. The average molecular weight is 647 g/mol. The van der Waals surface area contributed by atoms with E-state index >= 15 is 0 Å². The summed E-state index contributed by atoms with van der Waals surface area (Å²) in [7, 11) is -2.07. The highest BCUT2D eigenvalue weighted by molar-refractivity contribution is 7.87. The van der Waals surface area contributed by atoms with Crippen molar-refractivity contribution in [2.75, 3.05) is 7.11 Å². The van der Waals surface area contributed by atoms with E-state index in [0.29, 0.717) is 13.3 Å². The normalized spacial score (nSPS) is 43.0. The molecule has 242 valence electrons. The summed E-state index contributed by atoms with van der Waals surface area (Å²) in [5.74, 6) is -26.5. The second-order valence-electron chi connectivity index (χ2n) is 11.8.